The van der Waals surface area contributed by atoms with E-state index in [9.17, 15) is 4.79 Å². The van der Waals surface area contributed by atoms with Crippen molar-refractivity contribution in [1.29, 1.82) is 0 Å². The maximum Gasteiger partial charge on any atom is 0.238 e. The van der Waals surface area contributed by atoms with E-state index in [1.807, 2.05) is 0 Å². The van der Waals surface area contributed by atoms with Crippen molar-refractivity contribution in [1.82, 2.24) is 20.9 Å². The summed E-state index contributed by atoms with van der Waals surface area (Å²) >= 11 is 0. The van der Waals surface area contributed by atoms with Crippen molar-refractivity contribution in [3.05, 3.63) is 0 Å². The minimum atomic E-state index is -0.0813. The molecule has 5 nitrogen and oxygen atoms in total. The van der Waals surface area contributed by atoms with Crippen LogP contribution in [0.4, 0.5) is 0 Å². The zero-order valence-electron chi connectivity index (χ0n) is 11.5. The molecule has 2 fully saturated rings. The molecule has 0 aromatic rings. The second kappa shape index (κ2) is 6.50. The average Bonchev–Trinajstić information content (AvgIpc) is 2.82. The Balaban J connectivity index is 1.69. The van der Waals surface area contributed by atoms with Crippen molar-refractivity contribution in [2.24, 2.45) is 0 Å². The van der Waals surface area contributed by atoms with Crippen LogP contribution in [0.25, 0.3) is 0 Å². The zero-order chi connectivity index (χ0) is 13.0. The highest BCUT2D eigenvalue weighted by molar-refractivity contribution is 5.82. The van der Waals surface area contributed by atoms with Crippen LogP contribution in [0.1, 0.15) is 26.7 Å². The molecule has 18 heavy (non-hydrogen) atoms. The van der Waals surface area contributed by atoms with Gasteiger partial charge >= 0.3 is 0 Å². The lowest BCUT2D eigenvalue weighted by molar-refractivity contribution is -0.124. The third-order valence-corrected chi connectivity index (χ3v) is 3.78. The molecular weight excluding hydrogens is 228 g/mol. The Morgan fingerprint density at radius 1 is 1.33 bits per heavy atom. The Kier molecular flexibility index (Phi) is 4.97. The van der Waals surface area contributed by atoms with Crippen LogP contribution in [-0.4, -0.2) is 61.7 Å². The quantitative estimate of drug-likeness (QED) is 0.635. The summed E-state index contributed by atoms with van der Waals surface area (Å²) in [6.07, 6.45) is 2.60. The third kappa shape index (κ3) is 3.93. The first-order valence-corrected chi connectivity index (χ1v) is 7.14. The fourth-order valence-electron chi connectivity index (χ4n) is 2.71. The summed E-state index contributed by atoms with van der Waals surface area (Å²) in [7, 11) is 0. The zero-order valence-corrected chi connectivity index (χ0v) is 11.5. The van der Waals surface area contributed by atoms with Crippen LogP contribution in [0.15, 0.2) is 0 Å². The van der Waals surface area contributed by atoms with Crippen molar-refractivity contribution in [2.45, 2.75) is 44.8 Å². The molecule has 2 aliphatic rings. The number of carbonyl (C=O) groups is 1. The highest BCUT2D eigenvalue weighted by Gasteiger charge is 2.24. The number of likely N-dealkylation sites (tertiary alicyclic amines) is 1. The van der Waals surface area contributed by atoms with E-state index >= 15 is 0 Å². The van der Waals surface area contributed by atoms with Crippen LogP contribution in [-0.2, 0) is 4.79 Å². The van der Waals surface area contributed by atoms with Crippen LogP contribution in [0.5, 0.6) is 0 Å². The largest absolute Gasteiger partial charge is 0.351 e. The molecule has 0 aromatic heterocycles. The lowest BCUT2D eigenvalue weighted by Crippen LogP contribution is -2.60. The molecule has 1 amide bonds. The van der Waals surface area contributed by atoms with Crippen LogP contribution < -0.4 is 16.0 Å². The van der Waals surface area contributed by atoms with Crippen LogP contribution in [0.3, 0.4) is 0 Å². The van der Waals surface area contributed by atoms with E-state index < -0.39 is 0 Å². The van der Waals surface area contributed by atoms with Crippen LogP contribution >= 0.6 is 0 Å². The van der Waals surface area contributed by atoms with Gasteiger partial charge in [-0.15, -0.1) is 0 Å². The van der Waals surface area contributed by atoms with Crippen molar-refractivity contribution in [3.63, 3.8) is 0 Å². The molecule has 3 N–H and O–H groups in total. The predicted molar refractivity (Wildman–Crippen MR) is 72.5 cm³/mol. The molecule has 3 unspecified atom stereocenters. The minimum absolute atomic E-state index is 0.0813. The summed E-state index contributed by atoms with van der Waals surface area (Å²) < 4.78 is 0. The second-order valence-electron chi connectivity index (χ2n) is 5.69. The molecule has 3 atom stereocenters. The maximum absolute atomic E-state index is 12.1. The van der Waals surface area contributed by atoms with E-state index in [1.54, 1.807) is 0 Å². The van der Waals surface area contributed by atoms with Gasteiger partial charge in [-0.3, -0.25) is 4.79 Å². The number of carbonyl (C=O) groups excluding carboxylic acids is 1. The van der Waals surface area contributed by atoms with Crippen LogP contribution in [0.2, 0.25) is 0 Å². The van der Waals surface area contributed by atoms with E-state index in [-0.39, 0.29) is 18.0 Å². The monoisotopic (exact) mass is 254 g/mol. The number of hydrogen-bond donors (Lipinski definition) is 3. The van der Waals surface area contributed by atoms with E-state index in [4.69, 9.17) is 0 Å². The molecule has 5 heteroatoms. The number of nitrogens with one attached hydrogen (secondary N) is 3. The lowest BCUT2D eigenvalue weighted by atomic mass is 10.1. The van der Waals surface area contributed by atoms with Gasteiger partial charge in [-0.2, -0.15) is 0 Å². The molecule has 2 saturated heterocycles. The standard InChI is InChI=1S/C13H26N4O/c1-10-7-15-12(8-14-10)13(18)16-11(2)9-17-5-3-4-6-17/h10-12,14-15H,3-9H2,1-2H3,(H,16,18). The molecule has 104 valence electrons. The Morgan fingerprint density at radius 3 is 2.67 bits per heavy atom. The van der Waals surface area contributed by atoms with Gasteiger partial charge in [0.05, 0.1) is 6.04 Å². The van der Waals surface area contributed by atoms with E-state index in [0.717, 1.165) is 19.6 Å². The SMILES string of the molecule is CC1CNC(C(=O)NC(C)CN2CCCC2)CN1. The van der Waals surface area contributed by atoms with E-state index in [2.05, 4.69) is 34.7 Å². The highest BCUT2D eigenvalue weighted by atomic mass is 16.2. The lowest BCUT2D eigenvalue weighted by Gasteiger charge is -2.30. The van der Waals surface area contributed by atoms with Gasteiger partial charge in [-0.1, -0.05) is 0 Å². The number of amides is 1. The van der Waals surface area contributed by atoms with E-state index in [0.29, 0.717) is 6.04 Å². The fraction of sp³-hybridized carbons (Fsp3) is 0.923. The summed E-state index contributed by atoms with van der Waals surface area (Å²) in [6, 6.07) is 0.607. The number of piperazine rings is 1. The highest BCUT2D eigenvalue weighted by Crippen LogP contribution is 2.07. The summed E-state index contributed by atoms with van der Waals surface area (Å²) in [4.78, 5) is 14.5. The molecule has 0 spiro atoms. The Labute approximate surface area is 110 Å². The average molecular weight is 254 g/mol. The summed E-state index contributed by atoms with van der Waals surface area (Å²) in [5.41, 5.74) is 0. The molecule has 0 bridgehead atoms. The molecule has 2 rings (SSSR count). The number of rotatable bonds is 4. The van der Waals surface area contributed by atoms with Crippen molar-refractivity contribution in [2.75, 3.05) is 32.7 Å². The fourth-order valence-corrected chi connectivity index (χ4v) is 2.71. The first-order chi connectivity index (χ1) is 8.65. The molecule has 2 aliphatic heterocycles. The van der Waals surface area contributed by atoms with Gasteiger partial charge in [-0.05, 0) is 39.8 Å². The van der Waals surface area contributed by atoms with Crippen LogP contribution in [0, 0.1) is 0 Å². The topological polar surface area (TPSA) is 56.4 Å². The van der Waals surface area contributed by atoms with Crippen molar-refractivity contribution < 1.29 is 4.79 Å². The number of hydrogen-bond acceptors (Lipinski definition) is 4. The van der Waals surface area contributed by atoms with Gasteiger partial charge in [0.15, 0.2) is 0 Å². The Bertz CT molecular complexity index is 270. The summed E-state index contributed by atoms with van der Waals surface area (Å²) in [5.74, 6) is 0.126. The molecule has 0 aliphatic carbocycles. The second-order valence-corrected chi connectivity index (χ2v) is 5.69. The smallest absolute Gasteiger partial charge is 0.238 e. The predicted octanol–water partition coefficient (Wildman–Crippen LogP) is -0.463. The first kappa shape index (κ1) is 13.8. The Morgan fingerprint density at radius 2 is 2.06 bits per heavy atom. The molecular formula is C13H26N4O. The van der Waals surface area contributed by atoms with Crippen molar-refractivity contribution >= 4 is 5.91 Å². The number of nitrogens with zero attached hydrogens (tertiary/aromatic N) is 1. The summed E-state index contributed by atoms with van der Waals surface area (Å²) in [6.45, 7) is 9.14. The summed E-state index contributed by atoms with van der Waals surface area (Å²) in [5, 5.41) is 9.71. The van der Waals surface area contributed by atoms with Gasteiger partial charge in [0.1, 0.15) is 0 Å². The van der Waals surface area contributed by atoms with Gasteiger partial charge in [0.2, 0.25) is 5.91 Å². The molecule has 2 heterocycles. The maximum atomic E-state index is 12.1. The van der Waals surface area contributed by atoms with Crippen molar-refractivity contribution in [3.8, 4) is 0 Å². The van der Waals surface area contributed by atoms with Gasteiger partial charge in [0, 0.05) is 31.7 Å². The first-order valence-electron chi connectivity index (χ1n) is 7.14. The molecule has 0 radical (unpaired) electrons. The van der Waals surface area contributed by atoms with Gasteiger partial charge in [0.25, 0.3) is 0 Å². The van der Waals surface area contributed by atoms with Gasteiger partial charge < -0.3 is 20.9 Å². The third-order valence-electron chi connectivity index (χ3n) is 3.78. The normalized spacial score (nSPS) is 31.2. The Hall–Kier alpha value is -0.650. The minimum Gasteiger partial charge on any atom is -0.351 e. The van der Waals surface area contributed by atoms with Gasteiger partial charge in [-0.25, -0.2) is 0 Å². The van der Waals surface area contributed by atoms with E-state index in [1.165, 1.54) is 25.9 Å². The molecule has 0 saturated carbocycles. The molecule has 0 aromatic carbocycles.